The Bertz CT molecular complexity index is 237. The van der Waals surface area contributed by atoms with Gasteiger partial charge in [0.2, 0.25) is 0 Å². The first-order chi connectivity index (χ1) is 8.65. The van der Waals surface area contributed by atoms with Crippen molar-refractivity contribution in [3.05, 3.63) is 12.2 Å². The molecule has 1 aliphatic rings. The van der Waals surface area contributed by atoms with E-state index in [4.69, 9.17) is 9.47 Å². The summed E-state index contributed by atoms with van der Waals surface area (Å²) in [7, 11) is 0. The van der Waals surface area contributed by atoms with E-state index < -0.39 is 0 Å². The normalized spacial score (nSPS) is 28.3. The van der Waals surface area contributed by atoms with Crippen LogP contribution in [-0.2, 0) is 9.47 Å². The average Bonchev–Trinajstić information content (AvgIpc) is 2.33. The Morgan fingerprint density at radius 2 is 2.00 bits per heavy atom. The first-order valence-electron chi connectivity index (χ1n) is 7.49. The highest BCUT2D eigenvalue weighted by molar-refractivity contribution is 5.02. The van der Waals surface area contributed by atoms with Crippen LogP contribution in [-0.4, -0.2) is 25.9 Å². The molecule has 106 valence electrons. The van der Waals surface area contributed by atoms with Crippen LogP contribution in [0.1, 0.15) is 52.9 Å². The third-order valence-electron chi connectivity index (χ3n) is 3.89. The second-order valence-corrected chi connectivity index (χ2v) is 5.75. The van der Waals surface area contributed by atoms with Gasteiger partial charge in [-0.1, -0.05) is 32.4 Å². The standard InChI is InChI=1S/C16H30O2/c1-5-6-9-17-10-11-18-16-12-14(4)7-8-15(16)13(2)3/h14-16H,2,5-12H2,1,3-4H3. The summed E-state index contributed by atoms with van der Waals surface area (Å²) in [6, 6.07) is 0. The SMILES string of the molecule is C=C(C)C1CCC(C)CC1OCCOCCCC. The molecule has 0 saturated heterocycles. The minimum Gasteiger partial charge on any atom is -0.379 e. The summed E-state index contributed by atoms with van der Waals surface area (Å²) < 4.78 is 11.6. The Morgan fingerprint density at radius 3 is 2.67 bits per heavy atom. The summed E-state index contributed by atoms with van der Waals surface area (Å²) in [4.78, 5) is 0. The van der Waals surface area contributed by atoms with E-state index >= 15 is 0 Å². The molecule has 1 saturated carbocycles. The van der Waals surface area contributed by atoms with Gasteiger partial charge in [0, 0.05) is 12.5 Å². The molecule has 0 amide bonds. The van der Waals surface area contributed by atoms with Crippen molar-refractivity contribution in [2.45, 2.75) is 59.0 Å². The third kappa shape index (κ3) is 5.53. The van der Waals surface area contributed by atoms with E-state index in [2.05, 4.69) is 27.4 Å². The fraction of sp³-hybridized carbons (Fsp3) is 0.875. The van der Waals surface area contributed by atoms with Gasteiger partial charge in [0.05, 0.1) is 19.3 Å². The topological polar surface area (TPSA) is 18.5 Å². The van der Waals surface area contributed by atoms with Crippen molar-refractivity contribution in [1.29, 1.82) is 0 Å². The average molecular weight is 254 g/mol. The van der Waals surface area contributed by atoms with Gasteiger partial charge in [0.25, 0.3) is 0 Å². The fourth-order valence-corrected chi connectivity index (χ4v) is 2.68. The zero-order valence-electron chi connectivity index (χ0n) is 12.4. The molecular formula is C16H30O2. The van der Waals surface area contributed by atoms with Crippen LogP contribution in [0.3, 0.4) is 0 Å². The van der Waals surface area contributed by atoms with Crippen molar-refractivity contribution < 1.29 is 9.47 Å². The van der Waals surface area contributed by atoms with Gasteiger partial charge in [-0.15, -0.1) is 0 Å². The van der Waals surface area contributed by atoms with Crippen molar-refractivity contribution >= 4 is 0 Å². The number of hydrogen-bond donors (Lipinski definition) is 0. The number of unbranched alkanes of at least 4 members (excludes halogenated alkanes) is 1. The molecular weight excluding hydrogens is 224 g/mol. The predicted molar refractivity (Wildman–Crippen MR) is 76.8 cm³/mol. The highest BCUT2D eigenvalue weighted by atomic mass is 16.5. The largest absolute Gasteiger partial charge is 0.379 e. The summed E-state index contributed by atoms with van der Waals surface area (Å²) in [5.74, 6) is 1.34. The minimum absolute atomic E-state index is 0.362. The van der Waals surface area contributed by atoms with Crippen LogP contribution < -0.4 is 0 Å². The Kier molecular flexibility index (Phi) is 7.60. The second-order valence-electron chi connectivity index (χ2n) is 5.75. The van der Waals surface area contributed by atoms with Gasteiger partial charge < -0.3 is 9.47 Å². The zero-order chi connectivity index (χ0) is 13.4. The van der Waals surface area contributed by atoms with Gasteiger partial charge in [0.15, 0.2) is 0 Å². The zero-order valence-corrected chi connectivity index (χ0v) is 12.4. The molecule has 2 nitrogen and oxygen atoms in total. The van der Waals surface area contributed by atoms with Crippen LogP contribution >= 0.6 is 0 Å². The number of ether oxygens (including phenoxy) is 2. The van der Waals surface area contributed by atoms with Crippen molar-refractivity contribution in [1.82, 2.24) is 0 Å². The monoisotopic (exact) mass is 254 g/mol. The highest BCUT2D eigenvalue weighted by Crippen LogP contribution is 2.34. The van der Waals surface area contributed by atoms with E-state index in [9.17, 15) is 0 Å². The fourth-order valence-electron chi connectivity index (χ4n) is 2.68. The van der Waals surface area contributed by atoms with Crippen molar-refractivity contribution in [3.8, 4) is 0 Å². The Hall–Kier alpha value is -0.340. The second kappa shape index (κ2) is 8.71. The minimum atomic E-state index is 0.362. The number of hydrogen-bond acceptors (Lipinski definition) is 2. The molecule has 0 aromatic carbocycles. The van der Waals surface area contributed by atoms with E-state index in [1.54, 1.807) is 0 Å². The quantitative estimate of drug-likeness (QED) is 0.477. The van der Waals surface area contributed by atoms with Crippen LogP contribution in [0.15, 0.2) is 12.2 Å². The van der Waals surface area contributed by atoms with Gasteiger partial charge in [0.1, 0.15) is 0 Å². The lowest BCUT2D eigenvalue weighted by Gasteiger charge is -2.35. The Labute approximate surface area is 113 Å². The lowest BCUT2D eigenvalue weighted by molar-refractivity contribution is -0.0386. The molecule has 0 radical (unpaired) electrons. The highest BCUT2D eigenvalue weighted by Gasteiger charge is 2.29. The molecule has 1 aliphatic carbocycles. The van der Waals surface area contributed by atoms with E-state index in [1.165, 1.54) is 31.3 Å². The maximum Gasteiger partial charge on any atom is 0.0704 e. The molecule has 1 rings (SSSR count). The van der Waals surface area contributed by atoms with E-state index in [0.29, 0.717) is 12.0 Å². The third-order valence-corrected chi connectivity index (χ3v) is 3.89. The van der Waals surface area contributed by atoms with Crippen molar-refractivity contribution in [2.24, 2.45) is 11.8 Å². The molecule has 0 spiro atoms. The van der Waals surface area contributed by atoms with Crippen LogP contribution in [0.4, 0.5) is 0 Å². The van der Waals surface area contributed by atoms with Gasteiger partial charge in [-0.25, -0.2) is 0 Å². The Morgan fingerprint density at radius 1 is 1.22 bits per heavy atom. The summed E-state index contributed by atoms with van der Waals surface area (Å²) in [5.41, 5.74) is 1.28. The van der Waals surface area contributed by atoms with Crippen molar-refractivity contribution in [2.75, 3.05) is 19.8 Å². The molecule has 0 N–H and O–H groups in total. The number of rotatable bonds is 8. The van der Waals surface area contributed by atoms with Crippen LogP contribution in [0, 0.1) is 11.8 Å². The molecule has 0 aliphatic heterocycles. The summed E-state index contributed by atoms with van der Waals surface area (Å²) in [6.07, 6.45) is 6.42. The lowest BCUT2D eigenvalue weighted by Crippen LogP contribution is -2.32. The lowest BCUT2D eigenvalue weighted by atomic mass is 9.78. The molecule has 3 unspecified atom stereocenters. The summed E-state index contributed by atoms with van der Waals surface area (Å²) in [6.45, 7) is 13.1. The van der Waals surface area contributed by atoms with Crippen LogP contribution in [0.2, 0.25) is 0 Å². The molecule has 3 atom stereocenters. The van der Waals surface area contributed by atoms with E-state index in [-0.39, 0.29) is 0 Å². The molecule has 18 heavy (non-hydrogen) atoms. The van der Waals surface area contributed by atoms with Crippen molar-refractivity contribution in [3.63, 3.8) is 0 Å². The first-order valence-corrected chi connectivity index (χ1v) is 7.49. The molecule has 0 aromatic rings. The maximum atomic E-state index is 6.02. The van der Waals surface area contributed by atoms with Gasteiger partial charge >= 0.3 is 0 Å². The smallest absolute Gasteiger partial charge is 0.0704 e. The summed E-state index contributed by atoms with van der Waals surface area (Å²) in [5, 5.41) is 0. The Balaban J connectivity index is 2.22. The van der Waals surface area contributed by atoms with Gasteiger partial charge in [-0.2, -0.15) is 0 Å². The van der Waals surface area contributed by atoms with E-state index in [0.717, 1.165) is 32.2 Å². The molecule has 0 bridgehead atoms. The van der Waals surface area contributed by atoms with E-state index in [1.807, 2.05) is 0 Å². The maximum absolute atomic E-state index is 6.02. The molecule has 1 fully saturated rings. The predicted octanol–water partition coefficient (Wildman–Crippen LogP) is 4.20. The molecule has 2 heteroatoms. The van der Waals surface area contributed by atoms with Gasteiger partial charge in [-0.05, 0) is 38.5 Å². The first kappa shape index (κ1) is 15.7. The van der Waals surface area contributed by atoms with Crippen LogP contribution in [0.25, 0.3) is 0 Å². The van der Waals surface area contributed by atoms with Gasteiger partial charge in [-0.3, -0.25) is 0 Å². The molecule has 0 heterocycles. The van der Waals surface area contributed by atoms with Crippen LogP contribution in [0.5, 0.6) is 0 Å². The molecule has 0 aromatic heterocycles. The summed E-state index contributed by atoms with van der Waals surface area (Å²) >= 11 is 0.